The van der Waals surface area contributed by atoms with Gasteiger partial charge in [0.25, 0.3) is 5.69 Å². The second-order valence-corrected chi connectivity index (χ2v) is 8.10. The summed E-state index contributed by atoms with van der Waals surface area (Å²) in [6.07, 6.45) is -5.45. The molecule has 1 saturated heterocycles. The minimum absolute atomic E-state index is 0.0238. The van der Waals surface area contributed by atoms with Gasteiger partial charge in [0, 0.05) is 16.7 Å². The molecule has 0 aliphatic carbocycles. The van der Waals surface area contributed by atoms with Gasteiger partial charge in [0.15, 0.2) is 5.78 Å². The average Bonchev–Trinajstić information content (AvgIpc) is 3.28. The van der Waals surface area contributed by atoms with Gasteiger partial charge in [-0.05, 0) is 42.5 Å². The number of para-hydroxylation sites is 1. The third-order valence-electron chi connectivity index (χ3n) is 5.52. The monoisotopic (exact) mass is 509 g/mol. The second-order valence-electron chi connectivity index (χ2n) is 7.67. The van der Waals surface area contributed by atoms with E-state index in [1.54, 1.807) is 0 Å². The molecule has 0 bridgehead atoms. The largest absolute Gasteiger partial charge is 0.459 e. The zero-order chi connectivity index (χ0) is 25.5. The average molecular weight is 510 g/mol. The Labute approximate surface area is 199 Å². The predicted molar refractivity (Wildman–Crippen MR) is 115 cm³/mol. The lowest BCUT2D eigenvalue weighted by atomic mass is 9.79. The molecule has 35 heavy (non-hydrogen) atoms. The summed E-state index contributed by atoms with van der Waals surface area (Å²) in [5.74, 6) is -3.91. The number of carbonyl (C=O) groups is 2. The van der Waals surface area contributed by atoms with Crippen molar-refractivity contribution in [2.45, 2.75) is 17.9 Å². The van der Waals surface area contributed by atoms with E-state index in [2.05, 4.69) is 5.32 Å². The lowest BCUT2D eigenvalue weighted by Gasteiger charge is -2.44. The third-order valence-corrected chi connectivity index (χ3v) is 5.77. The molecule has 1 aliphatic rings. The summed E-state index contributed by atoms with van der Waals surface area (Å²) in [4.78, 5) is 36.1. The van der Waals surface area contributed by atoms with E-state index in [1.165, 1.54) is 66.0 Å². The van der Waals surface area contributed by atoms with Gasteiger partial charge in [-0.2, -0.15) is 13.2 Å². The van der Waals surface area contributed by atoms with Crippen molar-refractivity contribution in [3.05, 3.63) is 87.1 Å². The van der Waals surface area contributed by atoms with Gasteiger partial charge in [-0.25, -0.2) is 4.79 Å². The van der Waals surface area contributed by atoms with E-state index in [-0.39, 0.29) is 33.4 Å². The zero-order valence-electron chi connectivity index (χ0n) is 17.4. The standard InChI is InChI=1S/C22H15ClF3N3O6/c23-12-7-5-11(6-8-12)19(30)17-18(27-20(31)28-21(17,32)22(24,25)26)16-10-9-15(35-16)13-3-1-2-4-14(13)29(33)34/h1-10,17-18,32H,(H2,27,28,31)/t17-,18-,21-/m1/s1. The fourth-order valence-corrected chi connectivity index (χ4v) is 4.00. The highest BCUT2D eigenvalue weighted by atomic mass is 35.5. The van der Waals surface area contributed by atoms with E-state index in [4.69, 9.17) is 16.0 Å². The first-order chi connectivity index (χ1) is 16.4. The molecule has 2 heterocycles. The Bertz CT molecular complexity index is 1310. The van der Waals surface area contributed by atoms with Crippen molar-refractivity contribution < 1.29 is 37.2 Å². The third kappa shape index (κ3) is 4.33. The molecule has 2 amide bonds. The molecule has 1 aromatic heterocycles. The van der Waals surface area contributed by atoms with Crippen LogP contribution < -0.4 is 10.6 Å². The van der Waals surface area contributed by atoms with Crippen molar-refractivity contribution in [3.8, 4) is 11.3 Å². The van der Waals surface area contributed by atoms with Gasteiger partial charge in [0.1, 0.15) is 23.5 Å². The fourth-order valence-electron chi connectivity index (χ4n) is 3.88. The molecule has 3 N–H and O–H groups in total. The minimum Gasteiger partial charge on any atom is -0.459 e. The SMILES string of the molecule is O=C1N[C@H](c2ccc(-c3ccccc3[N+](=O)[O-])o2)[C@H](C(=O)c2ccc(Cl)cc2)[C@@](O)(C(F)(F)F)N1. The molecule has 0 unspecified atom stereocenters. The first-order valence-electron chi connectivity index (χ1n) is 9.93. The molecule has 3 atom stereocenters. The van der Waals surface area contributed by atoms with Crippen molar-refractivity contribution in [3.63, 3.8) is 0 Å². The number of furan rings is 1. The van der Waals surface area contributed by atoms with Crippen LogP contribution in [-0.4, -0.2) is 33.7 Å². The maximum atomic E-state index is 14.0. The number of halogens is 4. The molecule has 1 aliphatic heterocycles. The summed E-state index contributed by atoms with van der Waals surface area (Å²) in [5, 5.41) is 25.8. The van der Waals surface area contributed by atoms with Crippen LogP contribution in [-0.2, 0) is 0 Å². The Morgan fingerprint density at radius 3 is 2.40 bits per heavy atom. The molecule has 0 radical (unpaired) electrons. The number of Topliss-reactive ketones (excluding diaryl/α,β-unsaturated/α-hetero) is 1. The maximum Gasteiger partial charge on any atom is 0.437 e. The first-order valence-corrected chi connectivity index (χ1v) is 10.3. The van der Waals surface area contributed by atoms with Crippen LogP contribution in [0, 0.1) is 16.0 Å². The molecule has 182 valence electrons. The topological polar surface area (TPSA) is 135 Å². The highest BCUT2D eigenvalue weighted by molar-refractivity contribution is 6.30. The molecule has 1 fully saturated rings. The highest BCUT2D eigenvalue weighted by Crippen LogP contribution is 2.45. The highest BCUT2D eigenvalue weighted by Gasteiger charge is 2.66. The van der Waals surface area contributed by atoms with Crippen molar-refractivity contribution >= 4 is 29.1 Å². The molecule has 0 spiro atoms. The number of amides is 2. The molecule has 9 nitrogen and oxygen atoms in total. The Morgan fingerprint density at radius 2 is 1.77 bits per heavy atom. The molecule has 2 aromatic carbocycles. The van der Waals surface area contributed by atoms with E-state index in [1.807, 2.05) is 0 Å². The van der Waals surface area contributed by atoms with Crippen LogP contribution in [0.25, 0.3) is 11.3 Å². The quantitative estimate of drug-likeness (QED) is 0.261. The smallest absolute Gasteiger partial charge is 0.437 e. The number of hydrogen-bond acceptors (Lipinski definition) is 6. The van der Waals surface area contributed by atoms with Gasteiger partial charge in [0.2, 0.25) is 5.72 Å². The van der Waals surface area contributed by atoms with E-state index < -0.39 is 40.6 Å². The van der Waals surface area contributed by atoms with Gasteiger partial charge < -0.3 is 20.2 Å². The van der Waals surface area contributed by atoms with Crippen LogP contribution >= 0.6 is 11.6 Å². The summed E-state index contributed by atoms with van der Waals surface area (Å²) < 4.78 is 47.6. The van der Waals surface area contributed by atoms with Crippen LogP contribution in [0.2, 0.25) is 5.02 Å². The number of benzene rings is 2. The number of nitrogens with one attached hydrogen (secondary N) is 2. The summed E-state index contributed by atoms with van der Waals surface area (Å²) in [6.45, 7) is 0. The molecule has 13 heteroatoms. The summed E-state index contributed by atoms with van der Waals surface area (Å²) in [7, 11) is 0. The van der Waals surface area contributed by atoms with E-state index in [0.29, 0.717) is 0 Å². The van der Waals surface area contributed by atoms with Gasteiger partial charge in [-0.15, -0.1) is 0 Å². The number of nitro benzene ring substituents is 1. The Hall–Kier alpha value is -3.90. The molecule has 0 saturated carbocycles. The minimum atomic E-state index is -5.45. The lowest BCUT2D eigenvalue weighted by molar-refractivity contribution is -0.384. The van der Waals surface area contributed by atoms with Crippen molar-refractivity contribution in [1.82, 2.24) is 10.6 Å². The lowest BCUT2D eigenvalue weighted by Crippen LogP contribution is -2.72. The molecule has 4 rings (SSSR count). The molecular formula is C22H15ClF3N3O6. The number of carbonyl (C=O) groups excluding carboxylic acids is 2. The Kier molecular flexibility index (Phi) is 6.03. The maximum absolute atomic E-state index is 14.0. The number of rotatable bonds is 5. The normalized spacial score (nSPS) is 22.3. The van der Waals surface area contributed by atoms with Crippen molar-refractivity contribution in [1.29, 1.82) is 0 Å². The van der Waals surface area contributed by atoms with E-state index in [0.717, 1.165) is 0 Å². The van der Waals surface area contributed by atoms with Crippen molar-refractivity contribution in [2.75, 3.05) is 0 Å². The van der Waals surface area contributed by atoms with Gasteiger partial charge >= 0.3 is 12.2 Å². The first kappa shape index (κ1) is 24.2. The number of hydrogen-bond donors (Lipinski definition) is 3. The second kappa shape index (κ2) is 8.71. The zero-order valence-corrected chi connectivity index (χ0v) is 18.1. The van der Waals surface area contributed by atoms with Crippen molar-refractivity contribution in [2.24, 2.45) is 5.92 Å². The van der Waals surface area contributed by atoms with Crippen LogP contribution in [0.15, 0.2) is 65.1 Å². The number of nitro groups is 1. The molecule has 3 aromatic rings. The number of aliphatic hydroxyl groups is 1. The Morgan fingerprint density at radius 1 is 1.11 bits per heavy atom. The van der Waals surface area contributed by atoms with E-state index >= 15 is 0 Å². The van der Waals surface area contributed by atoms with Gasteiger partial charge in [0.05, 0.1) is 10.5 Å². The van der Waals surface area contributed by atoms with Gasteiger partial charge in [-0.1, -0.05) is 23.7 Å². The van der Waals surface area contributed by atoms with Crippen LogP contribution in [0.3, 0.4) is 0 Å². The number of nitrogens with zero attached hydrogens (tertiary/aromatic N) is 1. The molecular weight excluding hydrogens is 495 g/mol. The predicted octanol–water partition coefficient (Wildman–Crippen LogP) is 4.61. The van der Waals surface area contributed by atoms with Gasteiger partial charge in [-0.3, -0.25) is 14.9 Å². The summed E-state index contributed by atoms with van der Waals surface area (Å²) in [5.41, 5.74) is -4.47. The van der Waals surface area contributed by atoms with E-state index in [9.17, 15) is 38.0 Å². The number of alkyl halides is 3. The fraction of sp³-hybridized carbons (Fsp3) is 0.182. The summed E-state index contributed by atoms with van der Waals surface area (Å²) >= 11 is 5.80. The Balaban J connectivity index is 1.83. The van der Waals surface area contributed by atoms with Crippen LogP contribution in [0.4, 0.5) is 23.7 Å². The van der Waals surface area contributed by atoms with Crippen LogP contribution in [0.1, 0.15) is 22.2 Å². The van der Waals surface area contributed by atoms with Crippen LogP contribution in [0.5, 0.6) is 0 Å². The number of urea groups is 1. The number of ketones is 1. The summed E-state index contributed by atoms with van der Waals surface area (Å²) in [6, 6.07) is 9.64.